The van der Waals surface area contributed by atoms with E-state index in [1.165, 1.54) is 12.8 Å². The Kier molecular flexibility index (Phi) is 5.38. The molecule has 0 bridgehead atoms. The van der Waals surface area contributed by atoms with Gasteiger partial charge in [-0.05, 0) is 45.2 Å². The van der Waals surface area contributed by atoms with Crippen LogP contribution >= 0.6 is 0 Å². The summed E-state index contributed by atoms with van der Waals surface area (Å²) in [6.45, 7) is 11.7. The number of rotatable bonds is 7. The molecule has 1 saturated heterocycles. The second kappa shape index (κ2) is 6.88. The smallest absolute Gasteiger partial charge is 0.138 e. The molecule has 0 spiro atoms. The van der Waals surface area contributed by atoms with Crippen LogP contribution < -0.4 is 0 Å². The van der Waals surface area contributed by atoms with Gasteiger partial charge in [-0.2, -0.15) is 5.10 Å². The van der Waals surface area contributed by atoms with Crippen LogP contribution in [0.1, 0.15) is 52.8 Å². The lowest BCUT2D eigenvalue weighted by molar-refractivity contribution is -0.0132. The van der Waals surface area contributed by atoms with Gasteiger partial charge >= 0.3 is 0 Å². The molecule has 1 fully saturated rings. The molecule has 2 heterocycles. The lowest BCUT2D eigenvalue weighted by Gasteiger charge is -2.42. The van der Waals surface area contributed by atoms with E-state index in [0.717, 1.165) is 31.9 Å². The van der Waals surface area contributed by atoms with E-state index >= 15 is 0 Å². The van der Waals surface area contributed by atoms with E-state index in [0.29, 0.717) is 12.3 Å². The van der Waals surface area contributed by atoms with Crippen LogP contribution in [0.2, 0.25) is 0 Å². The van der Waals surface area contributed by atoms with Crippen molar-refractivity contribution in [2.24, 2.45) is 5.92 Å². The van der Waals surface area contributed by atoms with E-state index < -0.39 is 6.10 Å². The van der Waals surface area contributed by atoms with Crippen molar-refractivity contribution < 1.29 is 5.11 Å². The first-order valence-electron chi connectivity index (χ1n) is 8.27. The monoisotopic (exact) mass is 294 g/mol. The van der Waals surface area contributed by atoms with Crippen molar-refractivity contribution in [3.8, 4) is 0 Å². The van der Waals surface area contributed by atoms with E-state index in [-0.39, 0.29) is 5.54 Å². The fraction of sp³-hybridized carbons (Fsp3) is 0.875. The fourth-order valence-electron chi connectivity index (χ4n) is 3.24. The Balaban J connectivity index is 2.08. The summed E-state index contributed by atoms with van der Waals surface area (Å²) in [5, 5.41) is 15.1. The van der Waals surface area contributed by atoms with Gasteiger partial charge in [0.15, 0.2) is 0 Å². The molecule has 2 rings (SSSR count). The standard InChI is InChI=1S/C16H30N4O/c1-5-16(4,19-8-6-7-9-19)14(21)10-15-17-12-18-20(15)11-13(2)3/h12-14,21H,5-11H2,1-4H3. The second-order valence-corrected chi connectivity index (χ2v) is 6.88. The molecule has 1 aliphatic heterocycles. The van der Waals surface area contributed by atoms with Gasteiger partial charge in [0.05, 0.1) is 6.10 Å². The highest BCUT2D eigenvalue weighted by Crippen LogP contribution is 2.29. The maximum atomic E-state index is 10.8. The van der Waals surface area contributed by atoms with Crippen LogP contribution in [0.15, 0.2) is 6.33 Å². The summed E-state index contributed by atoms with van der Waals surface area (Å²) in [4.78, 5) is 6.80. The number of hydrogen-bond donors (Lipinski definition) is 1. The predicted octanol–water partition coefficient (Wildman–Crippen LogP) is 2.10. The summed E-state index contributed by atoms with van der Waals surface area (Å²) in [7, 11) is 0. The molecule has 1 N–H and O–H groups in total. The molecule has 2 atom stereocenters. The molecule has 0 saturated carbocycles. The molecule has 0 amide bonds. The molecule has 5 nitrogen and oxygen atoms in total. The topological polar surface area (TPSA) is 54.2 Å². The highest BCUT2D eigenvalue weighted by Gasteiger charge is 2.39. The number of likely N-dealkylation sites (tertiary alicyclic amines) is 1. The highest BCUT2D eigenvalue weighted by molar-refractivity contribution is 4.99. The summed E-state index contributed by atoms with van der Waals surface area (Å²) < 4.78 is 1.94. The molecular formula is C16H30N4O. The first kappa shape index (κ1) is 16.4. The van der Waals surface area contributed by atoms with Crippen molar-refractivity contribution in [2.45, 2.75) is 71.6 Å². The number of aliphatic hydroxyl groups is 1. The zero-order valence-corrected chi connectivity index (χ0v) is 13.9. The van der Waals surface area contributed by atoms with Crippen LogP contribution in [0.25, 0.3) is 0 Å². The van der Waals surface area contributed by atoms with Gasteiger partial charge in [-0.1, -0.05) is 20.8 Å². The van der Waals surface area contributed by atoms with Crippen LogP contribution in [0.3, 0.4) is 0 Å². The van der Waals surface area contributed by atoms with E-state index in [9.17, 15) is 5.11 Å². The molecule has 5 heteroatoms. The van der Waals surface area contributed by atoms with E-state index in [4.69, 9.17) is 0 Å². The van der Waals surface area contributed by atoms with Gasteiger partial charge in [0, 0.05) is 18.5 Å². The molecule has 0 aliphatic carbocycles. The number of nitrogens with zero attached hydrogens (tertiary/aromatic N) is 4. The van der Waals surface area contributed by atoms with Crippen molar-refractivity contribution in [3.63, 3.8) is 0 Å². The molecule has 1 aromatic rings. The number of aromatic nitrogens is 3. The molecular weight excluding hydrogens is 264 g/mol. The fourth-order valence-corrected chi connectivity index (χ4v) is 3.24. The minimum Gasteiger partial charge on any atom is -0.391 e. The third-order valence-electron chi connectivity index (χ3n) is 4.87. The van der Waals surface area contributed by atoms with Crippen molar-refractivity contribution in [1.82, 2.24) is 19.7 Å². The van der Waals surface area contributed by atoms with Crippen LogP contribution in [-0.4, -0.2) is 49.5 Å². The minimum absolute atomic E-state index is 0.162. The van der Waals surface area contributed by atoms with E-state index in [1.54, 1.807) is 6.33 Å². The summed E-state index contributed by atoms with van der Waals surface area (Å²) in [6, 6.07) is 0. The van der Waals surface area contributed by atoms with Crippen LogP contribution in [0.4, 0.5) is 0 Å². The van der Waals surface area contributed by atoms with Gasteiger partial charge in [-0.15, -0.1) is 0 Å². The number of aliphatic hydroxyl groups excluding tert-OH is 1. The third kappa shape index (κ3) is 3.64. The lowest BCUT2D eigenvalue weighted by atomic mass is 9.87. The van der Waals surface area contributed by atoms with Crippen LogP contribution in [0.5, 0.6) is 0 Å². The van der Waals surface area contributed by atoms with E-state index in [1.807, 2.05) is 4.68 Å². The Labute approximate surface area is 128 Å². The predicted molar refractivity (Wildman–Crippen MR) is 84.1 cm³/mol. The average Bonchev–Trinajstić information content (AvgIpc) is 3.10. The Morgan fingerprint density at radius 2 is 2.00 bits per heavy atom. The SMILES string of the molecule is CCC(C)(C(O)Cc1ncnn1CC(C)C)N1CCCC1. The van der Waals surface area contributed by atoms with Gasteiger partial charge in [0.25, 0.3) is 0 Å². The molecule has 21 heavy (non-hydrogen) atoms. The normalized spacial score (nSPS) is 20.9. The molecule has 0 radical (unpaired) electrons. The van der Waals surface area contributed by atoms with Crippen molar-refractivity contribution in [3.05, 3.63) is 12.2 Å². The maximum absolute atomic E-state index is 10.8. The zero-order valence-electron chi connectivity index (χ0n) is 13.9. The molecule has 0 aromatic carbocycles. The lowest BCUT2D eigenvalue weighted by Crippen LogP contribution is -2.54. The third-order valence-corrected chi connectivity index (χ3v) is 4.87. The molecule has 120 valence electrons. The van der Waals surface area contributed by atoms with Gasteiger partial charge < -0.3 is 5.11 Å². The Morgan fingerprint density at radius 1 is 1.33 bits per heavy atom. The first-order valence-corrected chi connectivity index (χ1v) is 8.27. The Morgan fingerprint density at radius 3 is 2.57 bits per heavy atom. The summed E-state index contributed by atoms with van der Waals surface area (Å²) in [6.07, 6.45) is 5.21. The largest absolute Gasteiger partial charge is 0.391 e. The number of hydrogen-bond acceptors (Lipinski definition) is 4. The quantitative estimate of drug-likeness (QED) is 0.837. The molecule has 1 aliphatic rings. The summed E-state index contributed by atoms with van der Waals surface area (Å²) in [5.74, 6) is 1.42. The van der Waals surface area contributed by atoms with Crippen molar-refractivity contribution in [2.75, 3.05) is 13.1 Å². The Hall–Kier alpha value is -0.940. The van der Waals surface area contributed by atoms with Crippen LogP contribution in [0, 0.1) is 5.92 Å². The minimum atomic E-state index is -0.407. The molecule has 2 unspecified atom stereocenters. The first-order chi connectivity index (χ1) is 9.97. The van der Waals surface area contributed by atoms with Crippen molar-refractivity contribution in [1.29, 1.82) is 0 Å². The van der Waals surface area contributed by atoms with Gasteiger partial charge in [-0.3, -0.25) is 4.90 Å². The zero-order chi connectivity index (χ0) is 15.5. The van der Waals surface area contributed by atoms with E-state index in [2.05, 4.69) is 42.7 Å². The maximum Gasteiger partial charge on any atom is 0.138 e. The van der Waals surface area contributed by atoms with Gasteiger partial charge in [0.2, 0.25) is 0 Å². The van der Waals surface area contributed by atoms with Gasteiger partial charge in [-0.25, -0.2) is 9.67 Å². The summed E-state index contributed by atoms with van der Waals surface area (Å²) in [5.41, 5.74) is -0.162. The van der Waals surface area contributed by atoms with Crippen molar-refractivity contribution >= 4 is 0 Å². The second-order valence-electron chi connectivity index (χ2n) is 6.88. The summed E-state index contributed by atoms with van der Waals surface area (Å²) >= 11 is 0. The Bertz CT molecular complexity index is 439. The molecule has 1 aromatic heterocycles. The highest BCUT2D eigenvalue weighted by atomic mass is 16.3. The van der Waals surface area contributed by atoms with Crippen LogP contribution in [-0.2, 0) is 13.0 Å². The van der Waals surface area contributed by atoms with Gasteiger partial charge in [0.1, 0.15) is 12.2 Å². The average molecular weight is 294 g/mol.